The molecule has 0 unspecified atom stereocenters. The van der Waals surface area contributed by atoms with E-state index in [1.807, 2.05) is 18.3 Å². The molecule has 0 saturated heterocycles. The van der Waals surface area contributed by atoms with Crippen LogP contribution in [-0.4, -0.2) is 4.98 Å². The van der Waals surface area contributed by atoms with Gasteiger partial charge in [-0.05, 0) is 11.1 Å². The van der Waals surface area contributed by atoms with Crippen LogP contribution >= 0.6 is 11.3 Å². The maximum atomic E-state index is 4.48. The molecule has 1 heterocycles. The SMILES string of the molecule is c1ccc(CNCc2ncc(-c3ccccc3)s2)cc1. The molecule has 0 spiro atoms. The van der Waals surface area contributed by atoms with Crippen LogP contribution in [0.1, 0.15) is 10.6 Å². The molecular weight excluding hydrogens is 264 g/mol. The van der Waals surface area contributed by atoms with E-state index in [-0.39, 0.29) is 0 Å². The number of aromatic nitrogens is 1. The second-order valence-corrected chi connectivity index (χ2v) is 5.69. The van der Waals surface area contributed by atoms with Crippen molar-refractivity contribution in [3.63, 3.8) is 0 Å². The van der Waals surface area contributed by atoms with Crippen LogP contribution < -0.4 is 5.32 Å². The largest absolute Gasteiger partial charge is 0.306 e. The van der Waals surface area contributed by atoms with Gasteiger partial charge in [-0.2, -0.15) is 0 Å². The van der Waals surface area contributed by atoms with E-state index in [9.17, 15) is 0 Å². The quantitative estimate of drug-likeness (QED) is 0.761. The first kappa shape index (κ1) is 13.0. The number of benzene rings is 2. The summed E-state index contributed by atoms with van der Waals surface area (Å²) in [5, 5.41) is 4.56. The van der Waals surface area contributed by atoms with Gasteiger partial charge in [0.15, 0.2) is 0 Å². The van der Waals surface area contributed by atoms with Gasteiger partial charge in [0.25, 0.3) is 0 Å². The van der Waals surface area contributed by atoms with Crippen molar-refractivity contribution in [2.45, 2.75) is 13.1 Å². The molecule has 100 valence electrons. The van der Waals surface area contributed by atoms with Crippen LogP contribution in [0.15, 0.2) is 66.9 Å². The third kappa shape index (κ3) is 3.32. The Bertz CT molecular complexity index is 647. The van der Waals surface area contributed by atoms with Gasteiger partial charge in [-0.1, -0.05) is 60.7 Å². The second kappa shape index (κ2) is 6.46. The summed E-state index contributed by atoms with van der Waals surface area (Å²) >= 11 is 1.75. The summed E-state index contributed by atoms with van der Waals surface area (Å²) in [6.07, 6.45) is 1.96. The minimum Gasteiger partial charge on any atom is -0.306 e. The molecule has 2 aromatic carbocycles. The molecule has 0 saturated carbocycles. The van der Waals surface area contributed by atoms with Crippen molar-refractivity contribution in [1.29, 1.82) is 0 Å². The maximum absolute atomic E-state index is 4.48. The highest BCUT2D eigenvalue weighted by molar-refractivity contribution is 7.15. The van der Waals surface area contributed by atoms with Gasteiger partial charge in [-0.15, -0.1) is 11.3 Å². The predicted octanol–water partition coefficient (Wildman–Crippen LogP) is 4.10. The molecule has 20 heavy (non-hydrogen) atoms. The van der Waals surface area contributed by atoms with Crippen LogP contribution in [0.4, 0.5) is 0 Å². The van der Waals surface area contributed by atoms with E-state index in [0.29, 0.717) is 0 Å². The highest BCUT2D eigenvalue weighted by Gasteiger charge is 2.03. The number of hydrogen-bond donors (Lipinski definition) is 1. The lowest BCUT2D eigenvalue weighted by Gasteiger charge is -2.02. The molecule has 0 amide bonds. The molecule has 0 radical (unpaired) electrons. The van der Waals surface area contributed by atoms with E-state index < -0.39 is 0 Å². The Kier molecular flexibility index (Phi) is 4.21. The minimum atomic E-state index is 0.812. The van der Waals surface area contributed by atoms with Crippen LogP contribution in [0.25, 0.3) is 10.4 Å². The molecule has 1 N–H and O–H groups in total. The Morgan fingerprint density at radius 2 is 1.55 bits per heavy atom. The van der Waals surface area contributed by atoms with E-state index in [4.69, 9.17) is 0 Å². The molecule has 2 nitrogen and oxygen atoms in total. The van der Waals surface area contributed by atoms with Crippen LogP contribution in [-0.2, 0) is 13.1 Å². The number of nitrogens with zero attached hydrogens (tertiary/aromatic N) is 1. The highest BCUT2D eigenvalue weighted by Crippen LogP contribution is 2.25. The number of rotatable bonds is 5. The van der Waals surface area contributed by atoms with Crippen LogP contribution in [0.3, 0.4) is 0 Å². The fourth-order valence-electron chi connectivity index (χ4n) is 2.04. The minimum absolute atomic E-state index is 0.812. The smallest absolute Gasteiger partial charge is 0.107 e. The summed E-state index contributed by atoms with van der Waals surface area (Å²) in [5.41, 5.74) is 2.53. The molecule has 0 bridgehead atoms. The van der Waals surface area contributed by atoms with Gasteiger partial charge in [0.2, 0.25) is 0 Å². The third-order valence-corrected chi connectivity index (χ3v) is 4.11. The van der Waals surface area contributed by atoms with Gasteiger partial charge in [-0.25, -0.2) is 4.98 Å². The number of hydrogen-bond acceptors (Lipinski definition) is 3. The van der Waals surface area contributed by atoms with Crippen molar-refractivity contribution >= 4 is 11.3 Å². The number of thiazole rings is 1. The van der Waals surface area contributed by atoms with Crippen molar-refractivity contribution in [1.82, 2.24) is 10.3 Å². The summed E-state index contributed by atoms with van der Waals surface area (Å²) in [6.45, 7) is 1.69. The summed E-state index contributed by atoms with van der Waals surface area (Å²) in [4.78, 5) is 5.70. The van der Waals surface area contributed by atoms with Crippen molar-refractivity contribution in [3.05, 3.63) is 77.4 Å². The van der Waals surface area contributed by atoms with Crippen molar-refractivity contribution in [2.75, 3.05) is 0 Å². The first-order valence-electron chi connectivity index (χ1n) is 6.66. The standard InChI is InChI=1S/C17H16N2S/c1-3-7-14(8-4-1)11-18-13-17-19-12-16(20-17)15-9-5-2-6-10-15/h1-10,12,18H,11,13H2. The first-order chi connectivity index (χ1) is 9.92. The zero-order valence-corrected chi connectivity index (χ0v) is 11.9. The molecule has 3 heteroatoms. The third-order valence-electron chi connectivity index (χ3n) is 3.06. The Hall–Kier alpha value is -1.97. The van der Waals surface area contributed by atoms with Crippen molar-refractivity contribution in [2.24, 2.45) is 0 Å². The summed E-state index contributed by atoms with van der Waals surface area (Å²) in [6, 6.07) is 20.8. The lowest BCUT2D eigenvalue weighted by atomic mass is 10.2. The number of nitrogens with one attached hydrogen (secondary N) is 1. The predicted molar refractivity (Wildman–Crippen MR) is 84.5 cm³/mol. The Morgan fingerprint density at radius 3 is 2.30 bits per heavy atom. The molecular formula is C17H16N2S. The normalized spacial score (nSPS) is 10.6. The van der Waals surface area contributed by atoms with Gasteiger partial charge in [0.1, 0.15) is 5.01 Å². The van der Waals surface area contributed by atoms with Crippen LogP contribution in [0.2, 0.25) is 0 Å². The Balaban J connectivity index is 1.58. The zero-order chi connectivity index (χ0) is 13.6. The topological polar surface area (TPSA) is 24.9 Å². The fourth-order valence-corrected chi connectivity index (χ4v) is 2.93. The van der Waals surface area contributed by atoms with Gasteiger partial charge < -0.3 is 5.32 Å². The maximum Gasteiger partial charge on any atom is 0.107 e. The lowest BCUT2D eigenvalue weighted by molar-refractivity contribution is 0.690. The molecule has 1 aromatic heterocycles. The van der Waals surface area contributed by atoms with Crippen molar-refractivity contribution < 1.29 is 0 Å². The average Bonchev–Trinajstić information content (AvgIpc) is 2.98. The molecule has 0 fully saturated rings. The van der Waals surface area contributed by atoms with E-state index >= 15 is 0 Å². The van der Waals surface area contributed by atoms with Gasteiger partial charge in [-0.3, -0.25) is 0 Å². The van der Waals surface area contributed by atoms with E-state index in [0.717, 1.165) is 18.1 Å². The summed E-state index contributed by atoms with van der Waals surface area (Å²) in [7, 11) is 0. The van der Waals surface area contributed by atoms with Gasteiger partial charge in [0, 0.05) is 19.3 Å². The van der Waals surface area contributed by atoms with E-state index in [2.05, 4.69) is 58.8 Å². The Labute approximate surface area is 123 Å². The highest BCUT2D eigenvalue weighted by atomic mass is 32.1. The molecule has 0 aliphatic carbocycles. The van der Waals surface area contributed by atoms with Crippen molar-refractivity contribution in [3.8, 4) is 10.4 Å². The second-order valence-electron chi connectivity index (χ2n) is 4.57. The fraction of sp³-hybridized carbons (Fsp3) is 0.118. The van der Waals surface area contributed by atoms with E-state index in [1.165, 1.54) is 16.0 Å². The summed E-state index contributed by atoms with van der Waals surface area (Å²) in [5.74, 6) is 0. The molecule has 3 aromatic rings. The van der Waals surface area contributed by atoms with Gasteiger partial charge in [0.05, 0.1) is 4.88 Å². The molecule has 0 aliphatic rings. The Morgan fingerprint density at radius 1 is 0.850 bits per heavy atom. The average molecular weight is 280 g/mol. The zero-order valence-electron chi connectivity index (χ0n) is 11.1. The molecule has 3 rings (SSSR count). The molecule has 0 aliphatic heterocycles. The van der Waals surface area contributed by atoms with Crippen LogP contribution in [0, 0.1) is 0 Å². The lowest BCUT2D eigenvalue weighted by Crippen LogP contribution is -2.12. The van der Waals surface area contributed by atoms with Crippen LogP contribution in [0.5, 0.6) is 0 Å². The molecule has 0 atom stereocenters. The first-order valence-corrected chi connectivity index (χ1v) is 7.48. The van der Waals surface area contributed by atoms with Gasteiger partial charge >= 0.3 is 0 Å². The summed E-state index contributed by atoms with van der Waals surface area (Å²) < 4.78 is 0. The monoisotopic (exact) mass is 280 g/mol. The van der Waals surface area contributed by atoms with E-state index in [1.54, 1.807) is 11.3 Å².